The SMILES string of the molecule is CCCCc1ccc(CCCCC2CCC(C=CC=C(F)C#N)CC2)cc1. The van der Waals surface area contributed by atoms with Crippen LogP contribution in [0.2, 0.25) is 0 Å². The van der Waals surface area contributed by atoms with Crippen molar-refractivity contribution in [1.82, 2.24) is 0 Å². The molecular formula is C25H34FN. The molecule has 27 heavy (non-hydrogen) atoms. The van der Waals surface area contributed by atoms with Crippen molar-refractivity contribution in [3.05, 3.63) is 59.4 Å². The van der Waals surface area contributed by atoms with Gasteiger partial charge in [0, 0.05) is 0 Å². The van der Waals surface area contributed by atoms with E-state index in [0.29, 0.717) is 5.92 Å². The van der Waals surface area contributed by atoms with E-state index in [2.05, 4.69) is 37.3 Å². The fourth-order valence-corrected chi connectivity index (χ4v) is 4.02. The lowest BCUT2D eigenvalue weighted by molar-refractivity contribution is 0.289. The van der Waals surface area contributed by atoms with Gasteiger partial charge in [-0.2, -0.15) is 9.65 Å². The van der Waals surface area contributed by atoms with Gasteiger partial charge in [0.05, 0.1) is 0 Å². The summed E-state index contributed by atoms with van der Waals surface area (Å²) in [4.78, 5) is 0. The van der Waals surface area contributed by atoms with Crippen LogP contribution in [-0.4, -0.2) is 0 Å². The summed E-state index contributed by atoms with van der Waals surface area (Å²) in [6.07, 6.45) is 18.9. The molecule has 0 aromatic heterocycles. The molecule has 1 aliphatic carbocycles. The lowest BCUT2D eigenvalue weighted by Crippen LogP contribution is -2.13. The van der Waals surface area contributed by atoms with Gasteiger partial charge in [0.2, 0.25) is 0 Å². The van der Waals surface area contributed by atoms with Crippen LogP contribution in [0.3, 0.4) is 0 Å². The second kappa shape index (κ2) is 12.5. The summed E-state index contributed by atoms with van der Waals surface area (Å²) in [5.74, 6) is 0.697. The van der Waals surface area contributed by atoms with E-state index < -0.39 is 5.83 Å². The maximum atomic E-state index is 12.8. The van der Waals surface area contributed by atoms with Crippen LogP contribution in [0, 0.1) is 23.2 Å². The van der Waals surface area contributed by atoms with Gasteiger partial charge in [-0.1, -0.05) is 62.6 Å². The van der Waals surface area contributed by atoms with E-state index in [-0.39, 0.29) is 0 Å². The normalized spacial score (nSPS) is 20.7. The summed E-state index contributed by atoms with van der Waals surface area (Å²) in [6.45, 7) is 2.24. The highest BCUT2D eigenvalue weighted by Crippen LogP contribution is 2.32. The Bertz CT molecular complexity index is 627. The Morgan fingerprint density at radius 3 is 2.26 bits per heavy atom. The number of hydrogen-bond donors (Lipinski definition) is 0. The van der Waals surface area contributed by atoms with Crippen molar-refractivity contribution in [3.63, 3.8) is 0 Å². The van der Waals surface area contributed by atoms with Crippen LogP contribution in [0.4, 0.5) is 4.39 Å². The standard InChI is InChI=1S/C25H34FN/c1-2-3-7-21-12-14-22(15-13-21)8-4-5-9-23-16-18-24(19-17-23)10-6-11-25(26)20-27/h6,10-15,23-24H,2-5,7-9,16-19H2,1H3. The number of rotatable bonds is 10. The number of nitrogens with zero attached hydrogens (tertiary/aromatic N) is 1. The van der Waals surface area contributed by atoms with Crippen molar-refractivity contribution in [1.29, 1.82) is 5.26 Å². The molecule has 0 bridgehead atoms. The topological polar surface area (TPSA) is 23.8 Å². The van der Waals surface area contributed by atoms with Crippen molar-refractivity contribution >= 4 is 0 Å². The Hall–Kier alpha value is -1.88. The van der Waals surface area contributed by atoms with E-state index in [1.165, 1.54) is 93.9 Å². The molecule has 1 nitrogen and oxygen atoms in total. The maximum absolute atomic E-state index is 12.8. The van der Waals surface area contributed by atoms with Crippen molar-refractivity contribution in [2.45, 2.75) is 77.6 Å². The van der Waals surface area contributed by atoms with Crippen LogP contribution in [0.25, 0.3) is 0 Å². The molecule has 0 radical (unpaired) electrons. The predicted molar refractivity (Wildman–Crippen MR) is 112 cm³/mol. The summed E-state index contributed by atoms with van der Waals surface area (Å²) in [5, 5.41) is 8.40. The number of allylic oxidation sites excluding steroid dienone is 4. The first-order valence-corrected chi connectivity index (χ1v) is 10.7. The molecule has 0 unspecified atom stereocenters. The number of halogens is 1. The molecule has 0 heterocycles. The molecule has 2 rings (SSSR count). The van der Waals surface area contributed by atoms with Gasteiger partial charge in [-0.05, 0) is 80.4 Å². The third-order valence-corrected chi connectivity index (χ3v) is 5.79. The van der Waals surface area contributed by atoms with Crippen molar-refractivity contribution in [3.8, 4) is 6.07 Å². The van der Waals surface area contributed by atoms with Crippen LogP contribution in [0.15, 0.2) is 48.3 Å². The molecule has 1 fully saturated rings. The maximum Gasteiger partial charge on any atom is 0.199 e. The molecule has 0 atom stereocenters. The van der Waals surface area contributed by atoms with Gasteiger partial charge in [-0.3, -0.25) is 0 Å². The van der Waals surface area contributed by atoms with Gasteiger partial charge in [0.1, 0.15) is 6.07 Å². The summed E-state index contributed by atoms with van der Waals surface area (Å²) in [7, 11) is 0. The van der Waals surface area contributed by atoms with Crippen molar-refractivity contribution in [2.24, 2.45) is 11.8 Å². The highest BCUT2D eigenvalue weighted by Gasteiger charge is 2.18. The fraction of sp³-hybridized carbons (Fsp3) is 0.560. The third kappa shape index (κ3) is 8.57. The summed E-state index contributed by atoms with van der Waals surface area (Å²) in [6, 6.07) is 10.7. The van der Waals surface area contributed by atoms with E-state index >= 15 is 0 Å². The molecule has 1 aromatic carbocycles. The number of unbranched alkanes of at least 4 members (excludes halogenated alkanes) is 2. The Balaban J connectivity index is 1.58. The molecule has 0 N–H and O–H groups in total. The minimum atomic E-state index is -0.712. The monoisotopic (exact) mass is 367 g/mol. The van der Waals surface area contributed by atoms with E-state index in [4.69, 9.17) is 5.26 Å². The van der Waals surface area contributed by atoms with Gasteiger partial charge >= 0.3 is 0 Å². The molecular weight excluding hydrogens is 333 g/mol. The molecule has 0 spiro atoms. The smallest absolute Gasteiger partial charge is 0.195 e. The molecule has 0 aliphatic heterocycles. The highest BCUT2D eigenvalue weighted by molar-refractivity contribution is 5.22. The van der Waals surface area contributed by atoms with Crippen LogP contribution < -0.4 is 0 Å². The highest BCUT2D eigenvalue weighted by atomic mass is 19.1. The zero-order valence-corrected chi connectivity index (χ0v) is 16.8. The Morgan fingerprint density at radius 1 is 1.04 bits per heavy atom. The number of benzene rings is 1. The zero-order chi connectivity index (χ0) is 19.3. The molecule has 146 valence electrons. The second-order valence-electron chi connectivity index (χ2n) is 7.96. The number of nitriles is 1. The van der Waals surface area contributed by atoms with Crippen LogP contribution in [-0.2, 0) is 12.8 Å². The first-order chi connectivity index (χ1) is 13.2. The van der Waals surface area contributed by atoms with E-state index in [0.717, 1.165) is 5.92 Å². The third-order valence-electron chi connectivity index (χ3n) is 5.79. The zero-order valence-electron chi connectivity index (χ0n) is 16.8. The number of aryl methyl sites for hydroxylation is 2. The van der Waals surface area contributed by atoms with Crippen LogP contribution in [0.5, 0.6) is 0 Å². The van der Waals surface area contributed by atoms with E-state index in [9.17, 15) is 4.39 Å². The molecule has 2 heteroatoms. The minimum Gasteiger partial charge on any atom is -0.195 e. The first-order valence-electron chi connectivity index (χ1n) is 10.7. The molecule has 0 saturated heterocycles. The predicted octanol–water partition coefficient (Wildman–Crippen LogP) is 7.48. The Morgan fingerprint density at radius 2 is 1.67 bits per heavy atom. The average molecular weight is 368 g/mol. The van der Waals surface area contributed by atoms with Gasteiger partial charge in [-0.15, -0.1) is 0 Å². The van der Waals surface area contributed by atoms with E-state index in [1.807, 2.05) is 0 Å². The first kappa shape index (κ1) is 21.4. The molecule has 1 aliphatic rings. The van der Waals surface area contributed by atoms with Gasteiger partial charge in [0.15, 0.2) is 5.83 Å². The lowest BCUT2D eigenvalue weighted by atomic mass is 9.79. The summed E-state index contributed by atoms with van der Waals surface area (Å²) < 4.78 is 12.8. The minimum absolute atomic E-state index is 0.551. The Labute approximate surface area is 165 Å². The molecule has 0 amide bonds. The van der Waals surface area contributed by atoms with Crippen molar-refractivity contribution in [2.75, 3.05) is 0 Å². The average Bonchev–Trinajstić information content (AvgIpc) is 2.71. The summed E-state index contributed by atoms with van der Waals surface area (Å²) in [5.41, 5.74) is 2.94. The lowest BCUT2D eigenvalue weighted by Gasteiger charge is -2.26. The van der Waals surface area contributed by atoms with Crippen LogP contribution in [0.1, 0.15) is 75.8 Å². The Kier molecular flexibility index (Phi) is 9.91. The quantitative estimate of drug-likeness (QED) is 0.239. The van der Waals surface area contributed by atoms with Crippen LogP contribution >= 0.6 is 0 Å². The second-order valence-corrected chi connectivity index (χ2v) is 7.96. The fourth-order valence-electron chi connectivity index (χ4n) is 4.02. The molecule has 1 saturated carbocycles. The largest absolute Gasteiger partial charge is 0.199 e. The summed E-state index contributed by atoms with van der Waals surface area (Å²) >= 11 is 0. The van der Waals surface area contributed by atoms with Gasteiger partial charge in [0.25, 0.3) is 0 Å². The number of hydrogen-bond acceptors (Lipinski definition) is 1. The van der Waals surface area contributed by atoms with Crippen molar-refractivity contribution < 1.29 is 4.39 Å². The van der Waals surface area contributed by atoms with Gasteiger partial charge in [-0.25, -0.2) is 0 Å². The van der Waals surface area contributed by atoms with Gasteiger partial charge < -0.3 is 0 Å². The van der Waals surface area contributed by atoms with E-state index in [1.54, 1.807) is 6.08 Å². The molecule has 1 aromatic rings.